The molecule has 2 heterocycles. The molecule has 1 aliphatic heterocycles. The lowest BCUT2D eigenvalue weighted by atomic mass is 10.0. The van der Waals surface area contributed by atoms with Gasteiger partial charge in [-0.25, -0.2) is 9.97 Å². The summed E-state index contributed by atoms with van der Waals surface area (Å²) in [4.78, 5) is 25.3. The van der Waals surface area contributed by atoms with E-state index >= 15 is 0 Å². The molecule has 0 aliphatic carbocycles. The lowest BCUT2D eigenvalue weighted by Crippen LogP contribution is -2.42. The number of nitrogens with zero attached hydrogens (tertiary/aromatic N) is 5. The van der Waals surface area contributed by atoms with Crippen LogP contribution in [0.1, 0.15) is 33.3 Å². The minimum Gasteiger partial charge on any atom is -0.368 e. The van der Waals surface area contributed by atoms with Gasteiger partial charge >= 0.3 is 0 Å². The lowest BCUT2D eigenvalue weighted by Gasteiger charge is -2.33. The summed E-state index contributed by atoms with van der Waals surface area (Å²) in [7, 11) is 3.76. The minimum absolute atomic E-state index is 0.0535. The molecule has 2 aromatic rings. The first-order valence-electron chi connectivity index (χ1n) is 8.41. The van der Waals surface area contributed by atoms with Crippen LogP contribution in [0.2, 0.25) is 0 Å². The van der Waals surface area contributed by atoms with E-state index in [0.717, 1.165) is 11.3 Å². The molecular formula is C19H21N5O2. The number of benzene rings is 1. The molecule has 1 aromatic carbocycles. The Morgan fingerprint density at radius 3 is 2.88 bits per heavy atom. The van der Waals surface area contributed by atoms with Crippen LogP contribution in [0.15, 0.2) is 30.5 Å². The average Bonchev–Trinajstić information content (AvgIpc) is 2.67. The van der Waals surface area contributed by atoms with Crippen molar-refractivity contribution in [1.82, 2.24) is 14.9 Å². The molecule has 1 amide bonds. The Kier molecular flexibility index (Phi) is 5.14. The summed E-state index contributed by atoms with van der Waals surface area (Å²) in [5.41, 5.74) is 2.73. The minimum atomic E-state index is -0.284. The van der Waals surface area contributed by atoms with Crippen molar-refractivity contribution in [3.8, 4) is 6.07 Å². The third-order valence-electron chi connectivity index (χ3n) is 4.33. The molecule has 0 N–H and O–H groups in total. The summed E-state index contributed by atoms with van der Waals surface area (Å²) in [6, 6.07) is 9.04. The van der Waals surface area contributed by atoms with Crippen LogP contribution < -0.4 is 4.90 Å². The van der Waals surface area contributed by atoms with Crippen LogP contribution in [0, 0.1) is 18.3 Å². The second kappa shape index (κ2) is 7.50. The molecule has 1 fully saturated rings. The van der Waals surface area contributed by atoms with E-state index in [1.165, 1.54) is 0 Å². The zero-order valence-corrected chi connectivity index (χ0v) is 15.1. The molecule has 0 radical (unpaired) electrons. The molecule has 0 unspecified atom stereocenters. The van der Waals surface area contributed by atoms with Crippen LogP contribution in [-0.4, -0.2) is 54.6 Å². The van der Waals surface area contributed by atoms with Crippen molar-refractivity contribution in [2.24, 2.45) is 0 Å². The van der Waals surface area contributed by atoms with Gasteiger partial charge in [0, 0.05) is 32.4 Å². The maximum Gasteiger partial charge on any atom is 0.254 e. The predicted molar refractivity (Wildman–Crippen MR) is 96.8 cm³/mol. The number of hydrogen-bond donors (Lipinski definition) is 0. The highest BCUT2D eigenvalue weighted by molar-refractivity contribution is 5.95. The molecule has 3 rings (SSSR count). The smallest absolute Gasteiger partial charge is 0.254 e. The third-order valence-corrected chi connectivity index (χ3v) is 4.33. The highest BCUT2D eigenvalue weighted by Crippen LogP contribution is 2.23. The first kappa shape index (κ1) is 17.8. The Labute approximate surface area is 152 Å². The van der Waals surface area contributed by atoms with Gasteiger partial charge in [-0.1, -0.05) is 0 Å². The summed E-state index contributed by atoms with van der Waals surface area (Å²) >= 11 is 0. The first-order chi connectivity index (χ1) is 12.5. The Morgan fingerprint density at radius 2 is 2.19 bits per heavy atom. The van der Waals surface area contributed by atoms with E-state index in [-0.39, 0.29) is 12.0 Å². The quantitative estimate of drug-likeness (QED) is 0.840. The van der Waals surface area contributed by atoms with Gasteiger partial charge in [0.05, 0.1) is 30.5 Å². The van der Waals surface area contributed by atoms with E-state index in [9.17, 15) is 4.79 Å². The van der Waals surface area contributed by atoms with Gasteiger partial charge < -0.3 is 14.5 Å². The van der Waals surface area contributed by atoms with Gasteiger partial charge in [0.1, 0.15) is 6.10 Å². The highest BCUT2D eigenvalue weighted by Gasteiger charge is 2.28. The van der Waals surface area contributed by atoms with Crippen molar-refractivity contribution >= 4 is 11.9 Å². The van der Waals surface area contributed by atoms with Crippen molar-refractivity contribution in [3.63, 3.8) is 0 Å². The van der Waals surface area contributed by atoms with Gasteiger partial charge in [-0.2, -0.15) is 5.26 Å². The lowest BCUT2D eigenvalue weighted by molar-refractivity contribution is -0.0247. The molecule has 7 nitrogen and oxygen atoms in total. The van der Waals surface area contributed by atoms with E-state index in [1.54, 1.807) is 29.3 Å². The second-order valence-electron chi connectivity index (χ2n) is 6.43. The Hall–Kier alpha value is -2.98. The van der Waals surface area contributed by atoms with Crippen molar-refractivity contribution < 1.29 is 9.53 Å². The first-order valence-corrected chi connectivity index (χ1v) is 8.41. The van der Waals surface area contributed by atoms with E-state index in [2.05, 4.69) is 16.0 Å². The number of carbonyl (C=O) groups excluding carboxylic acids is 1. The van der Waals surface area contributed by atoms with Gasteiger partial charge in [-0.15, -0.1) is 0 Å². The van der Waals surface area contributed by atoms with Crippen LogP contribution in [0.25, 0.3) is 0 Å². The van der Waals surface area contributed by atoms with E-state index < -0.39 is 0 Å². The molecule has 1 saturated heterocycles. The summed E-state index contributed by atoms with van der Waals surface area (Å²) in [6.07, 6.45) is 1.42. The van der Waals surface area contributed by atoms with Gasteiger partial charge in [-0.3, -0.25) is 4.79 Å². The number of nitriles is 1. The summed E-state index contributed by atoms with van der Waals surface area (Å²) < 4.78 is 5.84. The number of aryl methyl sites for hydroxylation is 1. The number of ether oxygens (including phenoxy) is 1. The molecular weight excluding hydrogens is 330 g/mol. The normalized spacial score (nSPS) is 16.8. The largest absolute Gasteiger partial charge is 0.368 e. The predicted octanol–water partition coefficient (Wildman–Crippen LogP) is 1.94. The van der Waals surface area contributed by atoms with Crippen LogP contribution in [-0.2, 0) is 4.74 Å². The number of morpholine rings is 1. The number of rotatable bonds is 3. The topological polar surface area (TPSA) is 82.3 Å². The molecule has 1 atom stereocenters. The molecule has 0 bridgehead atoms. The van der Waals surface area contributed by atoms with Crippen molar-refractivity contribution in [2.45, 2.75) is 13.0 Å². The SMILES string of the molecule is Cc1cc(C#N)ccc1C(=O)N1CCO[C@@H](c2ccnc(N(C)C)n2)C1. The summed E-state index contributed by atoms with van der Waals surface area (Å²) in [6.45, 7) is 3.26. The number of hydrogen-bond acceptors (Lipinski definition) is 6. The molecule has 1 aliphatic rings. The average molecular weight is 351 g/mol. The maximum absolute atomic E-state index is 12.9. The zero-order chi connectivity index (χ0) is 18.7. The fourth-order valence-electron chi connectivity index (χ4n) is 2.91. The molecule has 26 heavy (non-hydrogen) atoms. The third kappa shape index (κ3) is 3.65. The van der Waals surface area contributed by atoms with Gasteiger partial charge in [0.25, 0.3) is 5.91 Å². The summed E-state index contributed by atoms with van der Waals surface area (Å²) in [5, 5.41) is 8.99. The Balaban J connectivity index is 1.79. The maximum atomic E-state index is 12.9. The van der Waals surface area contributed by atoms with E-state index in [0.29, 0.717) is 36.8 Å². The van der Waals surface area contributed by atoms with Crippen molar-refractivity contribution in [1.29, 1.82) is 5.26 Å². The molecule has 0 spiro atoms. The van der Waals surface area contributed by atoms with Gasteiger partial charge in [0.2, 0.25) is 5.95 Å². The van der Waals surface area contributed by atoms with E-state index in [1.807, 2.05) is 32.0 Å². The van der Waals surface area contributed by atoms with Crippen LogP contribution >= 0.6 is 0 Å². The van der Waals surface area contributed by atoms with Gasteiger partial charge in [-0.05, 0) is 36.8 Å². The van der Waals surface area contributed by atoms with Crippen LogP contribution in [0.4, 0.5) is 5.95 Å². The number of anilines is 1. The fraction of sp³-hybridized carbons (Fsp3) is 0.368. The number of amides is 1. The van der Waals surface area contributed by atoms with Crippen LogP contribution in [0.5, 0.6) is 0 Å². The molecule has 134 valence electrons. The highest BCUT2D eigenvalue weighted by atomic mass is 16.5. The van der Waals surface area contributed by atoms with Crippen LogP contribution in [0.3, 0.4) is 0 Å². The van der Waals surface area contributed by atoms with E-state index in [4.69, 9.17) is 10.00 Å². The number of carbonyl (C=O) groups is 1. The standard InChI is InChI=1S/C19H21N5O2/c1-13-10-14(11-20)4-5-15(13)18(25)24-8-9-26-17(12-24)16-6-7-21-19(22-16)23(2)3/h4-7,10,17H,8-9,12H2,1-3H3/t17-/m1/s1. The molecule has 7 heteroatoms. The Morgan fingerprint density at radius 1 is 1.38 bits per heavy atom. The van der Waals surface area contributed by atoms with Crippen molar-refractivity contribution in [3.05, 3.63) is 52.8 Å². The second-order valence-corrected chi connectivity index (χ2v) is 6.43. The molecule has 0 saturated carbocycles. The monoisotopic (exact) mass is 351 g/mol. The van der Waals surface area contributed by atoms with Gasteiger partial charge in [0.15, 0.2) is 0 Å². The fourth-order valence-corrected chi connectivity index (χ4v) is 2.91. The van der Waals surface area contributed by atoms with Crippen molar-refractivity contribution in [2.75, 3.05) is 38.7 Å². The Bertz CT molecular complexity index is 859. The summed E-state index contributed by atoms with van der Waals surface area (Å²) in [5.74, 6) is 0.555. The zero-order valence-electron chi connectivity index (χ0n) is 15.1. The number of aromatic nitrogens is 2. The molecule has 1 aromatic heterocycles.